The average Bonchev–Trinajstić information content (AvgIpc) is 2.47. The number of ether oxygens (including phenoxy) is 5. The van der Waals surface area contributed by atoms with Crippen molar-refractivity contribution in [1.82, 2.24) is 0 Å². The van der Waals surface area contributed by atoms with E-state index in [0.717, 1.165) is 6.92 Å². The van der Waals surface area contributed by atoms with Crippen LogP contribution in [-0.2, 0) is 38.1 Å². The molecule has 1 saturated heterocycles. The van der Waals surface area contributed by atoms with Gasteiger partial charge in [0.15, 0.2) is 24.6 Å². The van der Waals surface area contributed by atoms with Gasteiger partial charge in [0.1, 0.15) is 0 Å². The third-order valence-corrected chi connectivity index (χ3v) is 2.84. The first-order chi connectivity index (χ1) is 11.3. The maximum atomic E-state index is 11.3. The summed E-state index contributed by atoms with van der Waals surface area (Å²) in [4.78, 5) is 36.5. The smallest absolute Gasteiger partial charge is 0.303 e. The Morgan fingerprint density at radius 3 is 2.21 bits per heavy atom. The number of azide groups is 1. The molecule has 0 spiro atoms. The van der Waals surface area contributed by atoms with Crippen LogP contribution in [0.15, 0.2) is 5.11 Å². The van der Waals surface area contributed by atoms with Crippen molar-refractivity contribution in [3.05, 3.63) is 10.4 Å². The molecule has 0 aromatic carbocycles. The molecule has 1 fully saturated rings. The summed E-state index contributed by atoms with van der Waals surface area (Å²) >= 11 is 0. The van der Waals surface area contributed by atoms with Crippen molar-refractivity contribution < 1.29 is 38.1 Å². The van der Waals surface area contributed by atoms with Crippen LogP contribution in [0.5, 0.6) is 0 Å². The summed E-state index contributed by atoms with van der Waals surface area (Å²) in [6.45, 7) is 3.43. The number of esters is 3. The van der Waals surface area contributed by atoms with Crippen LogP contribution in [0.4, 0.5) is 0 Å². The van der Waals surface area contributed by atoms with E-state index in [1.165, 1.54) is 13.8 Å². The molecule has 1 heterocycles. The number of hydrogen-bond acceptors (Lipinski definition) is 9. The Hall–Kier alpha value is -2.36. The second kappa shape index (κ2) is 9.71. The molecule has 0 bridgehead atoms. The predicted octanol–water partition coefficient (Wildman–Crippen LogP) is 0.465. The SMILES string of the molecule is CC(=O)O[C@@H]1[C@@H](OC(C)=O)[C@H](OCCN=[N+]=[N-])OC[C@H]1OC(C)=O. The van der Waals surface area contributed by atoms with E-state index in [1.807, 2.05) is 0 Å². The zero-order valence-electron chi connectivity index (χ0n) is 13.5. The van der Waals surface area contributed by atoms with E-state index in [4.69, 9.17) is 29.2 Å². The van der Waals surface area contributed by atoms with Gasteiger partial charge in [0, 0.05) is 32.2 Å². The third kappa shape index (κ3) is 6.41. The van der Waals surface area contributed by atoms with E-state index in [2.05, 4.69) is 10.0 Å². The molecule has 1 aliphatic heterocycles. The highest BCUT2D eigenvalue weighted by atomic mass is 16.7. The molecule has 0 aromatic heterocycles. The van der Waals surface area contributed by atoms with Crippen molar-refractivity contribution in [3.63, 3.8) is 0 Å². The molecule has 11 heteroatoms. The zero-order chi connectivity index (χ0) is 18.1. The summed E-state index contributed by atoms with van der Waals surface area (Å²) in [5, 5.41) is 3.30. The number of hydrogen-bond donors (Lipinski definition) is 0. The highest BCUT2D eigenvalue weighted by Gasteiger charge is 2.47. The maximum Gasteiger partial charge on any atom is 0.303 e. The topological polar surface area (TPSA) is 146 Å². The van der Waals surface area contributed by atoms with Gasteiger partial charge >= 0.3 is 17.9 Å². The maximum absolute atomic E-state index is 11.3. The number of nitrogens with zero attached hydrogens (tertiary/aromatic N) is 3. The van der Waals surface area contributed by atoms with Gasteiger partial charge < -0.3 is 23.7 Å². The molecule has 1 aliphatic rings. The van der Waals surface area contributed by atoms with E-state index in [9.17, 15) is 14.4 Å². The molecule has 134 valence electrons. The number of rotatable bonds is 7. The molecule has 1 rings (SSSR count). The van der Waals surface area contributed by atoms with E-state index < -0.39 is 42.5 Å². The minimum absolute atomic E-state index is 0.00247. The van der Waals surface area contributed by atoms with Crippen LogP contribution >= 0.6 is 0 Å². The summed E-state index contributed by atoms with van der Waals surface area (Å²) in [6.07, 6.45) is -4.25. The van der Waals surface area contributed by atoms with Crippen LogP contribution in [0.2, 0.25) is 0 Å². The lowest BCUT2D eigenvalue weighted by Gasteiger charge is -2.40. The van der Waals surface area contributed by atoms with Crippen molar-refractivity contribution in [2.24, 2.45) is 5.11 Å². The van der Waals surface area contributed by atoms with Gasteiger partial charge in [0.05, 0.1) is 13.2 Å². The number of carbonyl (C=O) groups excluding carboxylic acids is 3. The van der Waals surface area contributed by atoms with Crippen LogP contribution in [0.1, 0.15) is 20.8 Å². The molecular formula is C13H19N3O8. The second-order valence-corrected chi connectivity index (χ2v) is 4.82. The summed E-state index contributed by atoms with van der Waals surface area (Å²) in [7, 11) is 0. The first-order valence-corrected chi connectivity index (χ1v) is 7.11. The van der Waals surface area contributed by atoms with Gasteiger partial charge in [-0.15, -0.1) is 0 Å². The highest BCUT2D eigenvalue weighted by molar-refractivity contribution is 5.68. The van der Waals surface area contributed by atoms with Crippen LogP contribution in [-0.4, -0.2) is 62.3 Å². The molecular weight excluding hydrogens is 326 g/mol. The van der Waals surface area contributed by atoms with Crippen LogP contribution in [0.25, 0.3) is 10.4 Å². The fourth-order valence-corrected chi connectivity index (χ4v) is 2.11. The Bertz CT molecular complexity index is 519. The van der Waals surface area contributed by atoms with E-state index >= 15 is 0 Å². The largest absolute Gasteiger partial charge is 0.456 e. The molecule has 0 unspecified atom stereocenters. The first kappa shape index (κ1) is 19.7. The lowest BCUT2D eigenvalue weighted by Crippen LogP contribution is -2.58. The summed E-state index contributed by atoms with van der Waals surface area (Å²) in [5.74, 6) is -1.91. The molecule has 0 N–H and O–H groups in total. The minimum Gasteiger partial charge on any atom is -0.456 e. The van der Waals surface area contributed by atoms with Gasteiger partial charge in [-0.1, -0.05) is 5.11 Å². The second-order valence-electron chi connectivity index (χ2n) is 4.82. The Balaban J connectivity index is 2.92. The van der Waals surface area contributed by atoms with E-state index in [0.29, 0.717) is 0 Å². The molecule has 0 amide bonds. The molecule has 4 atom stereocenters. The van der Waals surface area contributed by atoms with E-state index in [1.54, 1.807) is 0 Å². The van der Waals surface area contributed by atoms with Crippen molar-refractivity contribution in [2.75, 3.05) is 19.8 Å². The Labute approximate surface area is 137 Å². The predicted molar refractivity (Wildman–Crippen MR) is 76.4 cm³/mol. The molecule has 0 radical (unpaired) electrons. The van der Waals surface area contributed by atoms with E-state index in [-0.39, 0.29) is 19.8 Å². The van der Waals surface area contributed by atoms with Gasteiger partial charge in [-0.25, -0.2) is 0 Å². The van der Waals surface area contributed by atoms with Crippen molar-refractivity contribution in [1.29, 1.82) is 0 Å². The third-order valence-electron chi connectivity index (χ3n) is 2.84. The molecule has 24 heavy (non-hydrogen) atoms. The monoisotopic (exact) mass is 345 g/mol. The zero-order valence-corrected chi connectivity index (χ0v) is 13.5. The molecule has 0 aliphatic carbocycles. The van der Waals surface area contributed by atoms with Gasteiger partial charge in [-0.05, 0) is 5.53 Å². The molecule has 11 nitrogen and oxygen atoms in total. The van der Waals surface area contributed by atoms with Crippen LogP contribution in [0, 0.1) is 0 Å². The fraction of sp³-hybridized carbons (Fsp3) is 0.769. The highest BCUT2D eigenvalue weighted by Crippen LogP contribution is 2.25. The summed E-state index contributed by atoms with van der Waals surface area (Å²) in [5.41, 5.74) is 8.23. The quantitative estimate of drug-likeness (QED) is 0.161. The van der Waals surface area contributed by atoms with Gasteiger partial charge in [0.2, 0.25) is 0 Å². The molecule has 0 aromatic rings. The van der Waals surface area contributed by atoms with Crippen molar-refractivity contribution >= 4 is 17.9 Å². The Kier molecular flexibility index (Phi) is 7.96. The van der Waals surface area contributed by atoms with Crippen LogP contribution in [0.3, 0.4) is 0 Å². The summed E-state index contributed by atoms with van der Waals surface area (Å²) in [6, 6.07) is 0. The lowest BCUT2D eigenvalue weighted by molar-refractivity contribution is -0.280. The summed E-state index contributed by atoms with van der Waals surface area (Å²) < 4.78 is 26.1. The minimum atomic E-state index is -1.14. The first-order valence-electron chi connectivity index (χ1n) is 7.11. The van der Waals surface area contributed by atoms with Gasteiger partial charge in [0.25, 0.3) is 0 Å². The van der Waals surface area contributed by atoms with Crippen molar-refractivity contribution in [3.8, 4) is 0 Å². The number of carbonyl (C=O) groups is 3. The Morgan fingerprint density at radius 1 is 1.08 bits per heavy atom. The fourth-order valence-electron chi connectivity index (χ4n) is 2.11. The standard InChI is InChI=1S/C13H19N3O8/c1-7(17)22-10-6-21-13(20-5-4-15-16-14)12(24-9(3)19)11(10)23-8(2)18/h10-13H,4-6H2,1-3H3/t10-,11+,12-,13-/m1/s1. The normalized spacial score (nSPS) is 26.0. The molecule has 0 saturated carbocycles. The van der Waals surface area contributed by atoms with Crippen LogP contribution < -0.4 is 0 Å². The van der Waals surface area contributed by atoms with Gasteiger partial charge in [-0.2, -0.15) is 0 Å². The average molecular weight is 345 g/mol. The van der Waals surface area contributed by atoms with Crippen molar-refractivity contribution in [2.45, 2.75) is 45.4 Å². The Morgan fingerprint density at radius 2 is 1.67 bits per heavy atom. The van der Waals surface area contributed by atoms with Gasteiger partial charge in [-0.3, -0.25) is 14.4 Å². The lowest BCUT2D eigenvalue weighted by atomic mass is 10.0.